The Kier molecular flexibility index (Phi) is 1.73. The van der Waals surface area contributed by atoms with E-state index >= 15 is 0 Å². The molecule has 1 heterocycles. The first-order valence-corrected chi connectivity index (χ1v) is 4.07. The predicted octanol–water partition coefficient (Wildman–Crippen LogP) is 2.52. The SMILES string of the molecule is CC(Cl)c1ccc2nonc2c1. The molecular formula is C8H7ClN2O. The van der Waals surface area contributed by atoms with Crippen LogP contribution < -0.4 is 0 Å². The summed E-state index contributed by atoms with van der Waals surface area (Å²) in [7, 11) is 0. The molecule has 0 aliphatic rings. The van der Waals surface area contributed by atoms with Crippen molar-refractivity contribution in [1.29, 1.82) is 0 Å². The lowest BCUT2D eigenvalue weighted by atomic mass is 10.1. The van der Waals surface area contributed by atoms with Gasteiger partial charge in [-0.05, 0) is 34.9 Å². The number of nitrogens with zero attached hydrogens (tertiary/aromatic N) is 2. The second-order valence-electron chi connectivity index (χ2n) is 2.63. The molecule has 2 rings (SSSR count). The van der Waals surface area contributed by atoms with E-state index in [1.807, 2.05) is 25.1 Å². The van der Waals surface area contributed by atoms with Crippen molar-refractivity contribution in [3.8, 4) is 0 Å². The molecular weight excluding hydrogens is 176 g/mol. The smallest absolute Gasteiger partial charge is 0.135 e. The van der Waals surface area contributed by atoms with Crippen LogP contribution in [0.15, 0.2) is 22.8 Å². The fourth-order valence-corrected chi connectivity index (χ4v) is 1.18. The topological polar surface area (TPSA) is 38.9 Å². The van der Waals surface area contributed by atoms with E-state index in [4.69, 9.17) is 11.6 Å². The molecule has 3 nitrogen and oxygen atoms in total. The second kappa shape index (κ2) is 2.75. The van der Waals surface area contributed by atoms with Crippen LogP contribution in [0.25, 0.3) is 11.0 Å². The van der Waals surface area contributed by atoms with E-state index in [2.05, 4.69) is 14.9 Å². The van der Waals surface area contributed by atoms with Gasteiger partial charge in [0.05, 0.1) is 5.38 Å². The van der Waals surface area contributed by atoms with Gasteiger partial charge >= 0.3 is 0 Å². The van der Waals surface area contributed by atoms with Gasteiger partial charge in [0.15, 0.2) is 0 Å². The largest absolute Gasteiger partial charge is 0.243 e. The average molecular weight is 183 g/mol. The zero-order valence-electron chi connectivity index (χ0n) is 6.49. The van der Waals surface area contributed by atoms with Crippen LogP contribution in [0.5, 0.6) is 0 Å². The van der Waals surface area contributed by atoms with Crippen molar-refractivity contribution in [2.75, 3.05) is 0 Å². The van der Waals surface area contributed by atoms with Gasteiger partial charge in [-0.1, -0.05) is 6.07 Å². The van der Waals surface area contributed by atoms with Gasteiger partial charge in [-0.3, -0.25) is 0 Å². The van der Waals surface area contributed by atoms with E-state index in [-0.39, 0.29) is 5.38 Å². The van der Waals surface area contributed by atoms with E-state index in [0.717, 1.165) is 16.6 Å². The summed E-state index contributed by atoms with van der Waals surface area (Å²) in [6.07, 6.45) is 0. The molecule has 0 N–H and O–H groups in total. The number of hydrogen-bond acceptors (Lipinski definition) is 3. The third kappa shape index (κ3) is 1.16. The highest BCUT2D eigenvalue weighted by atomic mass is 35.5. The molecule has 1 unspecified atom stereocenters. The van der Waals surface area contributed by atoms with E-state index in [9.17, 15) is 0 Å². The third-order valence-corrected chi connectivity index (χ3v) is 1.99. The van der Waals surface area contributed by atoms with Crippen LogP contribution in [0.2, 0.25) is 0 Å². The summed E-state index contributed by atoms with van der Waals surface area (Å²) >= 11 is 5.89. The lowest BCUT2D eigenvalue weighted by Gasteiger charge is -2.00. The van der Waals surface area contributed by atoms with Gasteiger partial charge in [-0.2, -0.15) is 0 Å². The molecule has 12 heavy (non-hydrogen) atoms. The van der Waals surface area contributed by atoms with Crippen LogP contribution in [0.4, 0.5) is 0 Å². The molecule has 62 valence electrons. The maximum absolute atomic E-state index is 5.89. The van der Waals surface area contributed by atoms with Gasteiger partial charge < -0.3 is 0 Å². The summed E-state index contributed by atoms with van der Waals surface area (Å²) < 4.78 is 4.56. The predicted molar refractivity (Wildman–Crippen MR) is 46.1 cm³/mol. The van der Waals surface area contributed by atoms with Gasteiger partial charge in [0.1, 0.15) is 11.0 Å². The van der Waals surface area contributed by atoms with Crippen LogP contribution in [0, 0.1) is 0 Å². The van der Waals surface area contributed by atoms with Crippen LogP contribution in [0.1, 0.15) is 17.9 Å². The van der Waals surface area contributed by atoms with Crippen molar-refractivity contribution in [2.45, 2.75) is 12.3 Å². The molecule has 0 radical (unpaired) electrons. The Labute approximate surface area is 74.3 Å². The molecule has 1 atom stereocenters. The molecule has 0 aliphatic carbocycles. The average Bonchev–Trinajstić information content (AvgIpc) is 2.49. The number of hydrogen-bond donors (Lipinski definition) is 0. The van der Waals surface area contributed by atoms with Gasteiger partial charge in [-0.25, -0.2) is 4.63 Å². The van der Waals surface area contributed by atoms with E-state index in [0.29, 0.717) is 0 Å². The Morgan fingerprint density at radius 1 is 1.33 bits per heavy atom. The minimum atomic E-state index is -0.00824. The summed E-state index contributed by atoms with van der Waals surface area (Å²) in [6, 6.07) is 5.65. The Morgan fingerprint density at radius 2 is 2.08 bits per heavy atom. The van der Waals surface area contributed by atoms with Crippen LogP contribution in [0.3, 0.4) is 0 Å². The van der Waals surface area contributed by atoms with Crippen LogP contribution in [-0.4, -0.2) is 10.3 Å². The molecule has 0 saturated carbocycles. The quantitative estimate of drug-likeness (QED) is 0.637. The van der Waals surface area contributed by atoms with Gasteiger partial charge in [0, 0.05) is 0 Å². The number of alkyl halides is 1. The van der Waals surface area contributed by atoms with Gasteiger partial charge in [0.25, 0.3) is 0 Å². The van der Waals surface area contributed by atoms with Crippen LogP contribution in [-0.2, 0) is 0 Å². The van der Waals surface area contributed by atoms with Crippen molar-refractivity contribution < 1.29 is 4.63 Å². The summed E-state index contributed by atoms with van der Waals surface area (Å²) in [5.74, 6) is 0. The Morgan fingerprint density at radius 3 is 2.83 bits per heavy atom. The Hall–Kier alpha value is -1.09. The summed E-state index contributed by atoms with van der Waals surface area (Å²) in [5.41, 5.74) is 2.54. The molecule has 0 amide bonds. The molecule has 2 aromatic rings. The minimum absolute atomic E-state index is 0.00824. The number of aromatic nitrogens is 2. The highest BCUT2D eigenvalue weighted by Gasteiger charge is 2.04. The van der Waals surface area contributed by atoms with E-state index in [1.165, 1.54) is 0 Å². The first-order valence-electron chi connectivity index (χ1n) is 3.63. The second-order valence-corrected chi connectivity index (χ2v) is 3.28. The molecule has 0 fully saturated rings. The molecule has 1 aromatic carbocycles. The first kappa shape index (κ1) is 7.55. The summed E-state index contributed by atoms with van der Waals surface area (Å²) in [5, 5.41) is 7.40. The lowest BCUT2D eigenvalue weighted by Crippen LogP contribution is -1.83. The van der Waals surface area contributed by atoms with Gasteiger partial charge in [0.2, 0.25) is 0 Å². The highest BCUT2D eigenvalue weighted by Crippen LogP contribution is 2.21. The van der Waals surface area contributed by atoms with Gasteiger partial charge in [-0.15, -0.1) is 11.6 Å². The summed E-state index contributed by atoms with van der Waals surface area (Å²) in [4.78, 5) is 0. The molecule has 0 spiro atoms. The Bertz CT molecular complexity index is 397. The number of benzene rings is 1. The third-order valence-electron chi connectivity index (χ3n) is 1.74. The zero-order chi connectivity index (χ0) is 8.55. The standard InChI is InChI=1S/C8H7ClN2O/c1-5(9)6-2-3-7-8(4-6)11-12-10-7/h2-5H,1H3. The Balaban J connectivity index is 2.60. The van der Waals surface area contributed by atoms with Crippen molar-refractivity contribution in [3.05, 3.63) is 23.8 Å². The van der Waals surface area contributed by atoms with Crippen molar-refractivity contribution in [3.63, 3.8) is 0 Å². The normalized spacial score (nSPS) is 13.5. The van der Waals surface area contributed by atoms with Crippen molar-refractivity contribution in [1.82, 2.24) is 10.3 Å². The zero-order valence-corrected chi connectivity index (χ0v) is 7.25. The minimum Gasteiger partial charge on any atom is -0.243 e. The summed E-state index contributed by atoms with van der Waals surface area (Å²) in [6.45, 7) is 1.91. The van der Waals surface area contributed by atoms with Crippen LogP contribution >= 0.6 is 11.6 Å². The van der Waals surface area contributed by atoms with Crippen molar-refractivity contribution >= 4 is 22.6 Å². The monoisotopic (exact) mass is 182 g/mol. The first-order chi connectivity index (χ1) is 5.77. The number of rotatable bonds is 1. The molecule has 0 aliphatic heterocycles. The fourth-order valence-electron chi connectivity index (χ4n) is 1.05. The fraction of sp³-hybridized carbons (Fsp3) is 0.250. The molecule has 0 bridgehead atoms. The molecule has 0 saturated heterocycles. The lowest BCUT2D eigenvalue weighted by molar-refractivity contribution is 0.315. The number of fused-ring (bicyclic) bond motifs is 1. The van der Waals surface area contributed by atoms with E-state index in [1.54, 1.807) is 0 Å². The van der Waals surface area contributed by atoms with E-state index < -0.39 is 0 Å². The molecule has 4 heteroatoms. The number of halogens is 1. The highest BCUT2D eigenvalue weighted by molar-refractivity contribution is 6.20. The van der Waals surface area contributed by atoms with Crippen molar-refractivity contribution in [2.24, 2.45) is 0 Å². The maximum atomic E-state index is 5.89. The molecule has 1 aromatic heterocycles. The maximum Gasteiger partial charge on any atom is 0.135 e.